The quantitative estimate of drug-likeness (QED) is 0.862. The topological polar surface area (TPSA) is 49.3 Å². The molecular weight excluding hydrogens is 355 g/mol. The summed E-state index contributed by atoms with van der Waals surface area (Å²) in [6.07, 6.45) is 3.79. The number of pyridine rings is 2. The zero-order chi connectivity index (χ0) is 19.0. The number of alkyl halides is 3. The van der Waals surface area contributed by atoms with E-state index in [1.54, 1.807) is 12.4 Å². The van der Waals surface area contributed by atoms with Gasteiger partial charge in [0.25, 0.3) is 0 Å². The van der Waals surface area contributed by atoms with Crippen LogP contribution in [0.2, 0.25) is 0 Å². The average Bonchev–Trinajstić information content (AvgIpc) is 3.52. The summed E-state index contributed by atoms with van der Waals surface area (Å²) in [5.74, 6) is 0.682. The summed E-state index contributed by atoms with van der Waals surface area (Å²) in [6, 6.07) is 4.51. The number of piperidine rings is 1. The largest absolute Gasteiger partial charge is 0.433 e. The van der Waals surface area contributed by atoms with Gasteiger partial charge in [-0.3, -0.25) is 4.98 Å². The third-order valence-corrected chi connectivity index (χ3v) is 5.61. The fourth-order valence-corrected chi connectivity index (χ4v) is 3.90. The van der Waals surface area contributed by atoms with E-state index in [4.69, 9.17) is 0 Å². The van der Waals surface area contributed by atoms with Gasteiger partial charge >= 0.3 is 6.18 Å². The molecule has 2 aromatic heterocycles. The van der Waals surface area contributed by atoms with Crippen molar-refractivity contribution >= 4 is 5.69 Å². The van der Waals surface area contributed by atoms with Gasteiger partial charge in [-0.2, -0.15) is 13.2 Å². The molecule has 2 fully saturated rings. The molecule has 1 atom stereocenters. The summed E-state index contributed by atoms with van der Waals surface area (Å²) in [7, 11) is 0. The molecule has 1 saturated heterocycles. The van der Waals surface area contributed by atoms with E-state index >= 15 is 0 Å². The maximum absolute atomic E-state index is 12.6. The zero-order valence-electron chi connectivity index (χ0n) is 14.9. The van der Waals surface area contributed by atoms with Crippen molar-refractivity contribution in [3.63, 3.8) is 0 Å². The minimum atomic E-state index is -4.42. The Morgan fingerprint density at radius 1 is 1.04 bits per heavy atom. The Labute approximate surface area is 156 Å². The Bertz CT molecular complexity index is 782. The molecule has 4 rings (SSSR count). The molecular formula is C20H22F3N3O. The highest BCUT2D eigenvalue weighted by Crippen LogP contribution is 2.44. The molecule has 1 aliphatic carbocycles. The summed E-state index contributed by atoms with van der Waals surface area (Å²) >= 11 is 0. The highest BCUT2D eigenvalue weighted by molar-refractivity contribution is 5.45. The number of aromatic nitrogens is 2. The van der Waals surface area contributed by atoms with Gasteiger partial charge in [-0.1, -0.05) is 0 Å². The van der Waals surface area contributed by atoms with Crippen LogP contribution in [0.1, 0.15) is 54.5 Å². The predicted octanol–water partition coefficient (Wildman–Crippen LogP) is 4.32. The van der Waals surface area contributed by atoms with Gasteiger partial charge in [0.15, 0.2) is 0 Å². The number of nitrogens with zero attached hydrogens (tertiary/aromatic N) is 3. The van der Waals surface area contributed by atoms with Crippen LogP contribution < -0.4 is 4.90 Å². The van der Waals surface area contributed by atoms with Crippen molar-refractivity contribution in [2.24, 2.45) is 5.92 Å². The van der Waals surface area contributed by atoms with E-state index < -0.39 is 18.0 Å². The van der Waals surface area contributed by atoms with Crippen LogP contribution in [-0.4, -0.2) is 28.2 Å². The molecule has 1 saturated carbocycles. The van der Waals surface area contributed by atoms with Gasteiger partial charge in [0.05, 0.1) is 18.0 Å². The van der Waals surface area contributed by atoms with Crippen LogP contribution >= 0.6 is 0 Å². The number of anilines is 1. The number of aliphatic hydroxyl groups excluding tert-OH is 1. The second-order valence-electron chi connectivity index (χ2n) is 7.45. The molecule has 1 unspecified atom stereocenters. The molecule has 4 nitrogen and oxygen atoms in total. The SMILES string of the molecule is OC(c1cnccc1C1CC1)C1CCN(c2ccc(C(F)(F)F)nc2)CC1. The smallest absolute Gasteiger partial charge is 0.388 e. The minimum absolute atomic E-state index is 0.130. The second kappa shape index (κ2) is 7.11. The number of hydrogen-bond acceptors (Lipinski definition) is 4. The lowest BCUT2D eigenvalue weighted by Crippen LogP contribution is -2.36. The van der Waals surface area contributed by atoms with Crippen LogP contribution in [0.15, 0.2) is 36.8 Å². The van der Waals surface area contributed by atoms with E-state index in [0.717, 1.165) is 24.5 Å². The molecule has 0 amide bonds. The van der Waals surface area contributed by atoms with Crippen molar-refractivity contribution in [3.8, 4) is 0 Å². The second-order valence-corrected chi connectivity index (χ2v) is 7.45. The maximum atomic E-state index is 12.6. The monoisotopic (exact) mass is 377 g/mol. The van der Waals surface area contributed by atoms with Crippen LogP contribution in [0.25, 0.3) is 0 Å². The van der Waals surface area contributed by atoms with E-state index in [1.165, 1.54) is 30.7 Å². The minimum Gasteiger partial charge on any atom is -0.388 e. The average molecular weight is 377 g/mol. The summed E-state index contributed by atoms with van der Waals surface area (Å²) in [6.45, 7) is 1.38. The van der Waals surface area contributed by atoms with Gasteiger partial charge in [-0.15, -0.1) is 0 Å². The number of halogens is 3. The van der Waals surface area contributed by atoms with Crippen molar-refractivity contribution in [3.05, 3.63) is 53.6 Å². The third kappa shape index (κ3) is 3.93. The van der Waals surface area contributed by atoms with Gasteiger partial charge in [0.1, 0.15) is 5.69 Å². The van der Waals surface area contributed by atoms with E-state index in [0.29, 0.717) is 24.7 Å². The van der Waals surface area contributed by atoms with Crippen LogP contribution in [0.3, 0.4) is 0 Å². The van der Waals surface area contributed by atoms with Gasteiger partial charge in [-0.25, -0.2) is 4.98 Å². The highest BCUT2D eigenvalue weighted by atomic mass is 19.4. The Morgan fingerprint density at radius 3 is 2.37 bits per heavy atom. The molecule has 0 radical (unpaired) electrons. The Kier molecular flexibility index (Phi) is 4.80. The molecule has 0 bridgehead atoms. The van der Waals surface area contributed by atoms with Gasteiger partial charge < -0.3 is 10.0 Å². The van der Waals surface area contributed by atoms with Crippen molar-refractivity contribution in [1.29, 1.82) is 0 Å². The van der Waals surface area contributed by atoms with E-state index in [9.17, 15) is 18.3 Å². The van der Waals surface area contributed by atoms with Gasteiger partial charge in [-0.05, 0) is 61.3 Å². The lowest BCUT2D eigenvalue weighted by molar-refractivity contribution is -0.141. The zero-order valence-corrected chi connectivity index (χ0v) is 14.9. The molecule has 0 spiro atoms. The first-order valence-electron chi connectivity index (χ1n) is 9.33. The fraction of sp³-hybridized carbons (Fsp3) is 0.500. The number of rotatable bonds is 4. The normalized spacial score (nSPS) is 19.9. The van der Waals surface area contributed by atoms with Gasteiger partial charge in [0, 0.05) is 31.0 Å². The van der Waals surface area contributed by atoms with E-state index in [-0.39, 0.29) is 5.92 Å². The highest BCUT2D eigenvalue weighted by Gasteiger charge is 2.34. The fourth-order valence-electron chi connectivity index (χ4n) is 3.90. The summed E-state index contributed by atoms with van der Waals surface area (Å²) in [5, 5.41) is 10.9. The molecule has 3 heterocycles. The molecule has 0 aromatic carbocycles. The molecule has 2 aliphatic rings. The third-order valence-electron chi connectivity index (χ3n) is 5.61. The predicted molar refractivity (Wildman–Crippen MR) is 95.3 cm³/mol. The standard InChI is InChI=1S/C20H22F3N3O/c21-20(22,23)18-4-3-15(11-25-18)26-9-6-14(7-10-26)19(27)17-12-24-8-5-16(17)13-1-2-13/h3-5,8,11-14,19,27H,1-2,6-7,9-10H2. The first-order valence-corrected chi connectivity index (χ1v) is 9.33. The van der Waals surface area contributed by atoms with Crippen LogP contribution in [-0.2, 0) is 6.18 Å². The molecule has 27 heavy (non-hydrogen) atoms. The van der Waals surface area contributed by atoms with Crippen molar-refractivity contribution in [2.75, 3.05) is 18.0 Å². The number of hydrogen-bond donors (Lipinski definition) is 1. The molecule has 144 valence electrons. The van der Waals surface area contributed by atoms with Gasteiger partial charge in [0.2, 0.25) is 0 Å². The first-order chi connectivity index (χ1) is 12.9. The van der Waals surface area contributed by atoms with Crippen molar-refractivity contribution < 1.29 is 18.3 Å². The summed E-state index contributed by atoms with van der Waals surface area (Å²) in [5.41, 5.74) is 1.97. The van der Waals surface area contributed by atoms with Crippen LogP contribution in [0, 0.1) is 5.92 Å². The van der Waals surface area contributed by atoms with E-state index in [1.807, 2.05) is 11.0 Å². The van der Waals surface area contributed by atoms with E-state index in [2.05, 4.69) is 9.97 Å². The Morgan fingerprint density at radius 2 is 1.78 bits per heavy atom. The maximum Gasteiger partial charge on any atom is 0.433 e. The Hall–Kier alpha value is -2.15. The summed E-state index contributed by atoms with van der Waals surface area (Å²) in [4.78, 5) is 9.76. The molecule has 2 aromatic rings. The Balaban J connectivity index is 1.40. The summed E-state index contributed by atoms with van der Waals surface area (Å²) < 4.78 is 37.9. The lowest BCUT2D eigenvalue weighted by Gasteiger charge is -2.36. The van der Waals surface area contributed by atoms with Crippen molar-refractivity contribution in [2.45, 2.75) is 43.9 Å². The van der Waals surface area contributed by atoms with Crippen LogP contribution in [0.4, 0.5) is 18.9 Å². The van der Waals surface area contributed by atoms with Crippen LogP contribution in [0.5, 0.6) is 0 Å². The molecule has 1 N–H and O–H groups in total. The van der Waals surface area contributed by atoms with Crippen molar-refractivity contribution in [1.82, 2.24) is 9.97 Å². The first kappa shape index (κ1) is 18.2. The molecule has 1 aliphatic heterocycles. The number of aliphatic hydroxyl groups is 1. The molecule has 7 heteroatoms. The lowest BCUT2D eigenvalue weighted by atomic mass is 9.85.